The monoisotopic (exact) mass is 312 g/mol. The lowest BCUT2D eigenvalue weighted by atomic mass is 10.4. The molecule has 0 aromatic carbocycles. The summed E-state index contributed by atoms with van der Waals surface area (Å²) in [7, 11) is 0. The Morgan fingerprint density at radius 3 is 2.86 bits per heavy atom. The molecule has 0 spiro atoms. The van der Waals surface area contributed by atoms with Crippen molar-refractivity contribution in [1.82, 2.24) is 10.2 Å². The maximum Gasteiger partial charge on any atom is 0.416 e. The van der Waals surface area contributed by atoms with Crippen LogP contribution in [0.2, 0.25) is 0 Å². The maximum absolute atomic E-state index is 11.6. The Hall–Kier alpha value is -2.42. The van der Waals surface area contributed by atoms with Crippen molar-refractivity contribution in [2.45, 2.75) is 0 Å². The van der Waals surface area contributed by atoms with Crippen molar-refractivity contribution >= 4 is 35.2 Å². The third kappa shape index (κ3) is 4.02. The molecule has 112 valence electrons. The second-order valence-corrected chi connectivity index (χ2v) is 4.93. The number of hydrogen-bond acceptors (Lipinski definition) is 7. The zero-order valence-corrected chi connectivity index (χ0v) is 11.7. The van der Waals surface area contributed by atoms with Crippen LogP contribution in [0.15, 0.2) is 17.5 Å². The molecular formula is C12H12N2O6S. The molecule has 21 heavy (non-hydrogen) atoms. The highest BCUT2D eigenvalue weighted by Gasteiger charge is 2.28. The van der Waals surface area contributed by atoms with Crippen LogP contribution in [0.1, 0.15) is 9.67 Å². The van der Waals surface area contributed by atoms with Crippen molar-refractivity contribution in [1.29, 1.82) is 0 Å². The molecule has 1 N–H and O–H groups in total. The number of imide groups is 1. The standard InChI is InChI=1S/C12H12N2O6S/c15-9(14-3-4-19-12(14)18)7-20-10(16)6-13-11(17)8-2-1-5-21-8/h1-2,5H,3-4,6-7H2,(H,13,17). The van der Waals surface area contributed by atoms with E-state index in [0.29, 0.717) is 4.88 Å². The molecule has 1 aliphatic heterocycles. The van der Waals surface area contributed by atoms with Gasteiger partial charge in [0, 0.05) is 0 Å². The van der Waals surface area contributed by atoms with Gasteiger partial charge in [0.1, 0.15) is 13.2 Å². The van der Waals surface area contributed by atoms with Crippen LogP contribution in [0.4, 0.5) is 4.79 Å². The molecule has 1 aromatic heterocycles. The van der Waals surface area contributed by atoms with Crippen molar-refractivity contribution in [3.63, 3.8) is 0 Å². The van der Waals surface area contributed by atoms with E-state index in [2.05, 4.69) is 14.8 Å². The Morgan fingerprint density at radius 1 is 1.43 bits per heavy atom. The fraction of sp³-hybridized carbons (Fsp3) is 0.333. The molecule has 0 bridgehead atoms. The Kier molecular flexibility index (Phi) is 4.88. The lowest BCUT2D eigenvalue weighted by Gasteiger charge is -2.10. The molecule has 0 unspecified atom stereocenters. The van der Waals surface area contributed by atoms with E-state index in [1.807, 2.05) is 0 Å². The predicted molar refractivity (Wildman–Crippen MR) is 70.7 cm³/mol. The van der Waals surface area contributed by atoms with Gasteiger partial charge in [0.25, 0.3) is 11.8 Å². The van der Waals surface area contributed by atoms with Crippen LogP contribution in [-0.4, -0.2) is 55.1 Å². The smallest absolute Gasteiger partial charge is 0.416 e. The highest BCUT2D eigenvalue weighted by atomic mass is 32.1. The van der Waals surface area contributed by atoms with Gasteiger partial charge in [-0.1, -0.05) is 6.07 Å². The Labute approximate surface area is 123 Å². The number of ether oxygens (including phenoxy) is 2. The van der Waals surface area contributed by atoms with Gasteiger partial charge in [0.05, 0.1) is 11.4 Å². The van der Waals surface area contributed by atoms with Crippen LogP contribution in [0.3, 0.4) is 0 Å². The predicted octanol–water partition coefficient (Wildman–Crippen LogP) is -0.000100. The molecule has 0 radical (unpaired) electrons. The van der Waals surface area contributed by atoms with E-state index in [1.165, 1.54) is 11.3 Å². The largest absolute Gasteiger partial charge is 0.454 e. The van der Waals surface area contributed by atoms with Crippen LogP contribution in [-0.2, 0) is 19.1 Å². The number of amides is 3. The van der Waals surface area contributed by atoms with E-state index in [4.69, 9.17) is 0 Å². The number of esters is 1. The number of nitrogens with one attached hydrogen (secondary N) is 1. The molecule has 9 heteroatoms. The van der Waals surface area contributed by atoms with Crippen LogP contribution in [0.5, 0.6) is 0 Å². The lowest BCUT2D eigenvalue weighted by molar-refractivity contribution is -0.149. The van der Waals surface area contributed by atoms with Crippen molar-refractivity contribution < 1.29 is 28.7 Å². The van der Waals surface area contributed by atoms with Crippen LogP contribution >= 0.6 is 11.3 Å². The molecular weight excluding hydrogens is 300 g/mol. The summed E-state index contributed by atoms with van der Waals surface area (Å²) in [6.45, 7) is -0.642. The Bertz CT molecular complexity index is 556. The number of nitrogens with zero attached hydrogens (tertiary/aromatic N) is 1. The molecule has 0 aliphatic carbocycles. The first-order chi connectivity index (χ1) is 10.1. The molecule has 2 rings (SSSR count). The molecule has 1 aliphatic rings. The molecule has 0 saturated carbocycles. The fourth-order valence-electron chi connectivity index (χ4n) is 1.54. The van der Waals surface area contributed by atoms with Gasteiger partial charge in [-0.25, -0.2) is 9.69 Å². The van der Waals surface area contributed by atoms with Crippen molar-refractivity contribution in [3.8, 4) is 0 Å². The van der Waals surface area contributed by atoms with Crippen LogP contribution in [0.25, 0.3) is 0 Å². The van der Waals surface area contributed by atoms with Gasteiger partial charge in [0.15, 0.2) is 6.61 Å². The summed E-state index contributed by atoms with van der Waals surface area (Å²) in [6.07, 6.45) is -0.748. The highest BCUT2D eigenvalue weighted by Crippen LogP contribution is 2.07. The zero-order valence-electron chi connectivity index (χ0n) is 10.9. The highest BCUT2D eigenvalue weighted by molar-refractivity contribution is 7.12. The van der Waals surface area contributed by atoms with Crippen molar-refractivity contribution in [2.75, 3.05) is 26.3 Å². The first kappa shape index (κ1) is 15.0. The number of rotatable bonds is 5. The van der Waals surface area contributed by atoms with Gasteiger partial charge < -0.3 is 14.8 Å². The van der Waals surface area contributed by atoms with E-state index >= 15 is 0 Å². The van der Waals surface area contributed by atoms with E-state index in [1.54, 1.807) is 17.5 Å². The first-order valence-corrected chi connectivity index (χ1v) is 6.90. The first-order valence-electron chi connectivity index (χ1n) is 6.02. The van der Waals surface area contributed by atoms with Crippen LogP contribution < -0.4 is 5.32 Å². The molecule has 1 aromatic rings. The van der Waals surface area contributed by atoms with E-state index < -0.39 is 30.5 Å². The van der Waals surface area contributed by atoms with E-state index in [9.17, 15) is 19.2 Å². The summed E-state index contributed by atoms with van der Waals surface area (Å²) in [5, 5.41) is 4.10. The topological polar surface area (TPSA) is 102 Å². The Morgan fingerprint density at radius 2 is 2.24 bits per heavy atom. The summed E-state index contributed by atoms with van der Waals surface area (Å²) in [5.41, 5.74) is 0. The number of thiophene rings is 1. The zero-order chi connectivity index (χ0) is 15.2. The second-order valence-electron chi connectivity index (χ2n) is 3.98. The SMILES string of the molecule is O=C(CNC(=O)c1cccs1)OCC(=O)N1CCOC1=O. The van der Waals surface area contributed by atoms with Crippen molar-refractivity contribution in [2.24, 2.45) is 0 Å². The third-order valence-electron chi connectivity index (χ3n) is 2.56. The summed E-state index contributed by atoms with van der Waals surface area (Å²) in [4.78, 5) is 46.9. The number of carbonyl (C=O) groups is 4. The Balaban J connectivity index is 1.69. The summed E-state index contributed by atoms with van der Waals surface area (Å²) < 4.78 is 9.27. The van der Waals surface area contributed by atoms with Gasteiger partial charge in [-0.15, -0.1) is 11.3 Å². The van der Waals surface area contributed by atoms with Crippen molar-refractivity contribution in [3.05, 3.63) is 22.4 Å². The van der Waals surface area contributed by atoms with Gasteiger partial charge in [-0.05, 0) is 11.4 Å². The van der Waals surface area contributed by atoms with E-state index in [0.717, 1.165) is 4.90 Å². The quantitative estimate of drug-likeness (QED) is 0.768. The fourth-order valence-corrected chi connectivity index (χ4v) is 2.18. The maximum atomic E-state index is 11.6. The molecule has 2 heterocycles. The normalized spacial score (nSPS) is 13.7. The van der Waals surface area contributed by atoms with Gasteiger partial charge in [-0.2, -0.15) is 0 Å². The molecule has 8 nitrogen and oxygen atoms in total. The van der Waals surface area contributed by atoms with E-state index in [-0.39, 0.29) is 19.7 Å². The molecule has 3 amide bonds. The molecule has 1 fully saturated rings. The minimum absolute atomic E-state index is 0.134. The van der Waals surface area contributed by atoms with Gasteiger partial charge in [-0.3, -0.25) is 14.4 Å². The minimum Gasteiger partial charge on any atom is -0.454 e. The minimum atomic E-state index is -0.763. The summed E-state index contributed by atoms with van der Waals surface area (Å²) in [6, 6.07) is 3.33. The molecule has 1 saturated heterocycles. The third-order valence-corrected chi connectivity index (χ3v) is 3.43. The summed E-state index contributed by atoms with van der Waals surface area (Å²) >= 11 is 1.24. The van der Waals surface area contributed by atoms with Crippen LogP contribution in [0, 0.1) is 0 Å². The molecule has 0 atom stereocenters. The number of carbonyl (C=O) groups excluding carboxylic acids is 4. The number of hydrogen-bond donors (Lipinski definition) is 1. The van der Waals surface area contributed by atoms with Gasteiger partial charge in [0.2, 0.25) is 0 Å². The van der Waals surface area contributed by atoms with Gasteiger partial charge >= 0.3 is 12.1 Å². The number of cyclic esters (lactones) is 1. The average molecular weight is 312 g/mol. The lowest BCUT2D eigenvalue weighted by Crippen LogP contribution is -2.37. The second kappa shape index (κ2) is 6.84. The average Bonchev–Trinajstić information content (AvgIpc) is 3.13. The summed E-state index contributed by atoms with van der Waals surface area (Å²) in [5.74, 6) is -1.81.